The zero-order valence-corrected chi connectivity index (χ0v) is 17.9. The molecule has 1 aromatic rings. The highest BCUT2D eigenvalue weighted by molar-refractivity contribution is 5.86. The smallest absolute Gasteiger partial charge is 0.242 e. The van der Waals surface area contributed by atoms with Crippen molar-refractivity contribution in [1.29, 1.82) is 0 Å². The summed E-state index contributed by atoms with van der Waals surface area (Å²) in [4.78, 5) is 30.4. The summed E-state index contributed by atoms with van der Waals surface area (Å²) in [5, 5.41) is 0. The Morgan fingerprint density at radius 1 is 1.17 bits per heavy atom. The van der Waals surface area contributed by atoms with Crippen molar-refractivity contribution in [2.24, 2.45) is 0 Å². The van der Waals surface area contributed by atoms with Gasteiger partial charge in [-0.2, -0.15) is 0 Å². The van der Waals surface area contributed by atoms with Gasteiger partial charge in [0.1, 0.15) is 0 Å². The third-order valence-electron chi connectivity index (χ3n) is 6.07. The molecule has 3 rings (SSSR count). The number of nitrogens with zero attached hydrogens (tertiary/aromatic N) is 3. The Labute approximate surface area is 173 Å². The number of rotatable bonds is 8. The van der Waals surface area contributed by atoms with E-state index in [-0.39, 0.29) is 18.4 Å². The number of methoxy groups -OCH3 is 2. The van der Waals surface area contributed by atoms with Crippen molar-refractivity contribution < 1.29 is 19.1 Å². The Hall–Kier alpha value is -2.28. The van der Waals surface area contributed by atoms with Gasteiger partial charge in [-0.1, -0.05) is 6.07 Å². The Morgan fingerprint density at radius 3 is 2.66 bits per heavy atom. The summed E-state index contributed by atoms with van der Waals surface area (Å²) < 4.78 is 10.7. The quantitative estimate of drug-likeness (QED) is 0.662. The van der Waals surface area contributed by atoms with Gasteiger partial charge in [0.15, 0.2) is 11.5 Å². The lowest BCUT2D eigenvalue weighted by atomic mass is 10.0. The number of ether oxygens (including phenoxy) is 2. The lowest BCUT2D eigenvalue weighted by molar-refractivity contribution is -0.139. The first-order valence-corrected chi connectivity index (χ1v) is 10.5. The number of hydrogen-bond donors (Lipinski definition) is 0. The topological polar surface area (TPSA) is 62.3 Å². The largest absolute Gasteiger partial charge is 0.493 e. The first kappa shape index (κ1) is 21.4. The van der Waals surface area contributed by atoms with Gasteiger partial charge >= 0.3 is 0 Å². The molecule has 7 heteroatoms. The van der Waals surface area contributed by atoms with E-state index < -0.39 is 0 Å². The van der Waals surface area contributed by atoms with Crippen LogP contribution in [0.4, 0.5) is 0 Å². The van der Waals surface area contributed by atoms with E-state index in [2.05, 4.69) is 18.0 Å². The molecule has 1 atom stereocenters. The third-order valence-corrected chi connectivity index (χ3v) is 6.07. The van der Waals surface area contributed by atoms with Crippen LogP contribution in [0.3, 0.4) is 0 Å². The molecule has 1 aromatic carbocycles. The minimum atomic E-state index is 0.0817. The molecule has 0 radical (unpaired) electrons. The van der Waals surface area contributed by atoms with E-state index in [1.807, 2.05) is 17.0 Å². The molecule has 2 aliphatic rings. The number of carbonyl (C=O) groups excluding carboxylic acids is 2. The first-order valence-electron chi connectivity index (χ1n) is 10.5. The fourth-order valence-electron chi connectivity index (χ4n) is 4.20. The van der Waals surface area contributed by atoms with Crippen LogP contribution in [0.5, 0.6) is 11.5 Å². The summed E-state index contributed by atoms with van der Waals surface area (Å²) in [5.41, 5.74) is 1.20. The summed E-state index contributed by atoms with van der Waals surface area (Å²) in [7, 11) is 5.42. The number of likely N-dealkylation sites (tertiary alicyclic amines) is 2. The number of hydrogen-bond acceptors (Lipinski definition) is 5. The van der Waals surface area contributed by atoms with Gasteiger partial charge in [-0.25, -0.2) is 0 Å². The number of carbonyl (C=O) groups is 2. The number of benzene rings is 1. The van der Waals surface area contributed by atoms with E-state index in [4.69, 9.17) is 9.47 Å². The van der Waals surface area contributed by atoms with Crippen molar-refractivity contribution in [3.05, 3.63) is 23.8 Å². The average molecular weight is 404 g/mol. The van der Waals surface area contributed by atoms with Crippen LogP contribution in [-0.4, -0.2) is 86.5 Å². The second kappa shape index (κ2) is 9.96. The average Bonchev–Trinajstić information content (AvgIpc) is 3.16. The minimum Gasteiger partial charge on any atom is -0.493 e. The molecule has 0 aromatic heterocycles. The number of likely N-dealkylation sites (N-methyl/N-ethyl adjacent to an activating group) is 1. The summed E-state index contributed by atoms with van der Waals surface area (Å²) in [6.45, 7) is 3.39. The predicted molar refractivity (Wildman–Crippen MR) is 111 cm³/mol. The maximum Gasteiger partial charge on any atom is 0.242 e. The van der Waals surface area contributed by atoms with Crippen molar-refractivity contribution in [2.75, 3.05) is 54.0 Å². The van der Waals surface area contributed by atoms with E-state index in [1.54, 1.807) is 19.1 Å². The Kier molecular flexibility index (Phi) is 7.36. The molecule has 2 amide bonds. The molecule has 2 fully saturated rings. The van der Waals surface area contributed by atoms with E-state index in [0.717, 1.165) is 56.8 Å². The molecule has 29 heavy (non-hydrogen) atoms. The maximum atomic E-state index is 12.7. The monoisotopic (exact) mass is 403 g/mol. The van der Waals surface area contributed by atoms with Crippen molar-refractivity contribution in [2.45, 2.75) is 38.1 Å². The zero-order chi connectivity index (χ0) is 20.8. The van der Waals surface area contributed by atoms with Gasteiger partial charge in [-0.15, -0.1) is 0 Å². The molecular weight excluding hydrogens is 370 g/mol. The molecule has 0 aliphatic carbocycles. The number of amides is 2. The van der Waals surface area contributed by atoms with E-state index in [1.165, 1.54) is 5.56 Å². The maximum absolute atomic E-state index is 12.7. The SMILES string of the molecule is COc1ccc(CCN(C)[C@H]2CCCN(C(=O)CN3CCCC3=O)C2)cc1OC. The van der Waals surface area contributed by atoms with Crippen LogP contribution in [0, 0.1) is 0 Å². The summed E-state index contributed by atoms with van der Waals surface area (Å²) in [6, 6.07) is 6.38. The van der Waals surface area contributed by atoms with Crippen LogP contribution in [0.2, 0.25) is 0 Å². The molecule has 2 saturated heterocycles. The molecule has 0 unspecified atom stereocenters. The van der Waals surface area contributed by atoms with Crippen LogP contribution in [0.1, 0.15) is 31.2 Å². The van der Waals surface area contributed by atoms with Gasteiger partial charge in [0, 0.05) is 38.6 Å². The van der Waals surface area contributed by atoms with Crippen LogP contribution in [0.25, 0.3) is 0 Å². The summed E-state index contributed by atoms with van der Waals surface area (Å²) in [6.07, 6.45) is 4.45. The van der Waals surface area contributed by atoms with Gasteiger partial charge in [0.25, 0.3) is 0 Å². The predicted octanol–water partition coefficient (Wildman–Crippen LogP) is 1.79. The van der Waals surface area contributed by atoms with Crippen LogP contribution in [0.15, 0.2) is 18.2 Å². The van der Waals surface area contributed by atoms with E-state index in [9.17, 15) is 9.59 Å². The van der Waals surface area contributed by atoms with E-state index >= 15 is 0 Å². The van der Waals surface area contributed by atoms with Crippen molar-refractivity contribution in [3.63, 3.8) is 0 Å². The van der Waals surface area contributed by atoms with Gasteiger partial charge in [-0.3, -0.25) is 9.59 Å². The molecule has 2 aliphatic heterocycles. The number of piperidine rings is 1. The zero-order valence-electron chi connectivity index (χ0n) is 17.9. The Morgan fingerprint density at radius 2 is 1.97 bits per heavy atom. The van der Waals surface area contributed by atoms with Gasteiger partial charge in [0.05, 0.1) is 20.8 Å². The molecule has 0 bridgehead atoms. The highest BCUT2D eigenvalue weighted by Crippen LogP contribution is 2.28. The molecule has 160 valence electrons. The third kappa shape index (κ3) is 5.41. The highest BCUT2D eigenvalue weighted by Gasteiger charge is 2.29. The molecule has 7 nitrogen and oxygen atoms in total. The highest BCUT2D eigenvalue weighted by atomic mass is 16.5. The minimum absolute atomic E-state index is 0.0817. The lowest BCUT2D eigenvalue weighted by Crippen LogP contribution is -2.51. The molecule has 2 heterocycles. The molecule has 0 saturated carbocycles. The Bertz CT molecular complexity index is 724. The van der Waals surface area contributed by atoms with Gasteiger partial charge in [-0.05, 0) is 50.4 Å². The lowest BCUT2D eigenvalue weighted by Gasteiger charge is -2.38. The van der Waals surface area contributed by atoms with E-state index in [0.29, 0.717) is 19.0 Å². The molecule has 0 spiro atoms. The standard InChI is InChI=1S/C22H33N3O4/c1-23(13-10-17-8-9-19(28-2)20(14-17)29-3)18-6-4-11-24(15-18)22(27)16-25-12-5-7-21(25)26/h8-9,14,18H,4-7,10-13,15-16H2,1-3H3/t18-/m0/s1. The normalized spacial score (nSPS) is 19.7. The van der Waals surface area contributed by atoms with Crippen LogP contribution >= 0.6 is 0 Å². The van der Waals surface area contributed by atoms with Crippen LogP contribution in [-0.2, 0) is 16.0 Å². The van der Waals surface area contributed by atoms with Crippen molar-refractivity contribution >= 4 is 11.8 Å². The summed E-state index contributed by atoms with van der Waals surface area (Å²) >= 11 is 0. The molecule has 0 N–H and O–H groups in total. The molecular formula is C22H33N3O4. The second-order valence-electron chi connectivity index (χ2n) is 7.97. The van der Waals surface area contributed by atoms with Crippen LogP contribution < -0.4 is 9.47 Å². The fraction of sp³-hybridized carbons (Fsp3) is 0.636. The van der Waals surface area contributed by atoms with Crippen molar-refractivity contribution in [3.8, 4) is 11.5 Å². The van der Waals surface area contributed by atoms with Gasteiger partial charge in [0.2, 0.25) is 11.8 Å². The van der Waals surface area contributed by atoms with Crippen molar-refractivity contribution in [1.82, 2.24) is 14.7 Å². The van der Waals surface area contributed by atoms with Gasteiger partial charge < -0.3 is 24.2 Å². The Balaban J connectivity index is 1.51. The first-order chi connectivity index (χ1) is 14.0. The summed E-state index contributed by atoms with van der Waals surface area (Å²) in [5.74, 6) is 1.68. The second-order valence-corrected chi connectivity index (χ2v) is 7.97. The fourth-order valence-corrected chi connectivity index (χ4v) is 4.20.